The standard InChI is InChI=1S/C28H56O/c1-4-7-9-11-13-15-17-19-21-23-25-28(6-3,27-29)26-24-22-20-18-16-14-12-10-8-5-2/h27H,4-26H2,1-3H3. The van der Waals surface area contributed by atoms with E-state index in [1.54, 1.807) is 0 Å². The normalized spacial score (nSPS) is 11.8. The van der Waals surface area contributed by atoms with Gasteiger partial charge in [0.1, 0.15) is 6.29 Å². The summed E-state index contributed by atoms with van der Waals surface area (Å²) in [5, 5.41) is 0. The summed E-state index contributed by atoms with van der Waals surface area (Å²) in [7, 11) is 0. The maximum absolute atomic E-state index is 11.8. The van der Waals surface area contributed by atoms with Crippen LogP contribution >= 0.6 is 0 Å². The van der Waals surface area contributed by atoms with E-state index in [1.165, 1.54) is 135 Å². The molecule has 0 aromatic rings. The van der Waals surface area contributed by atoms with E-state index < -0.39 is 0 Å². The lowest BCUT2D eigenvalue weighted by atomic mass is 9.77. The number of carbonyl (C=O) groups is 1. The third-order valence-electron chi connectivity index (χ3n) is 7.01. The van der Waals surface area contributed by atoms with E-state index in [0.717, 1.165) is 19.3 Å². The Morgan fingerprint density at radius 2 is 0.724 bits per heavy atom. The Labute approximate surface area is 185 Å². The summed E-state index contributed by atoms with van der Waals surface area (Å²) in [6.07, 6.45) is 32.1. The molecule has 29 heavy (non-hydrogen) atoms. The van der Waals surface area contributed by atoms with E-state index in [2.05, 4.69) is 20.8 Å². The molecule has 0 rings (SSSR count). The van der Waals surface area contributed by atoms with Crippen molar-refractivity contribution in [3.63, 3.8) is 0 Å². The number of hydrogen-bond acceptors (Lipinski definition) is 1. The smallest absolute Gasteiger partial charge is 0.126 e. The fraction of sp³-hybridized carbons (Fsp3) is 0.964. The molecule has 0 saturated heterocycles. The molecule has 0 spiro atoms. The Morgan fingerprint density at radius 3 is 0.966 bits per heavy atom. The van der Waals surface area contributed by atoms with Crippen LogP contribution in [0.25, 0.3) is 0 Å². The zero-order valence-electron chi connectivity index (χ0n) is 20.7. The van der Waals surface area contributed by atoms with Crippen molar-refractivity contribution in [1.82, 2.24) is 0 Å². The Hall–Kier alpha value is -0.330. The number of unbranched alkanes of at least 4 members (excludes halogenated alkanes) is 18. The van der Waals surface area contributed by atoms with Crippen molar-refractivity contribution in [2.45, 2.75) is 168 Å². The van der Waals surface area contributed by atoms with Crippen LogP contribution in [0.15, 0.2) is 0 Å². The van der Waals surface area contributed by atoms with Crippen LogP contribution < -0.4 is 0 Å². The molecule has 0 aliphatic heterocycles. The molecule has 0 radical (unpaired) electrons. The van der Waals surface area contributed by atoms with Gasteiger partial charge in [-0.25, -0.2) is 0 Å². The van der Waals surface area contributed by atoms with Gasteiger partial charge < -0.3 is 4.79 Å². The topological polar surface area (TPSA) is 17.1 Å². The minimum atomic E-state index is -0.0136. The summed E-state index contributed by atoms with van der Waals surface area (Å²) < 4.78 is 0. The van der Waals surface area contributed by atoms with Gasteiger partial charge in [0.15, 0.2) is 0 Å². The maximum atomic E-state index is 11.8. The Kier molecular flexibility index (Phi) is 22.1. The Balaban J connectivity index is 3.65. The summed E-state index contributed by atoms with van der Waals surface area (Å²) in [4.78, 5) is 11.8. The highest BCUT2D eigenvalue weighted by molar-refractivity contribution is 5.59. The molecule has 0 saturated carbocycles. The quantitative estimate of drug-likeness (QED) is 0.115. The van der Waals surface area contributed by atoms with Crippen LogP contribution in [0.4, 0.5) is 0 Å². The van der Waals surface area contributed by atoms with Gasteiger partial charge in [0, 0.05) is 5.41 Å². The molecular formula is C28H56O. The highest BCUT2D eigenvalue weighted by Crippen LogP contribution is 2.33. The van der Waals surface area contributed by atoms with Crippen molar-refractivity contribution in [3.8, 4) is 0 Å². The Bertz CT molecular complexity index is 298. The van der Waals surface area contributed by atoms with E-state index in [4.69, 9.17) is 0 Å². The lowest BCUT2D eigenvalue weighted by Gasteiger charge is -2.26. The molecule has 1 nitrogen and oxygen atoms in total. The van der Waals surface area contributed by atoms with Crippen molar-refractivity contribution in [2.75, 3.05) is 0 Å². The molecule has 1 heteroatoms. The van der Waals surface area contributed by atoms with Crippen LogP contribution in [-0.2, 0) is 4.79 Å². The lowest BCUT2D eigenvalue weighted by Crippen LogP contribution is -2.21. The molecule has 0 aromatic carbocycles. The summed E-state index contributed by atoms with van der Waals surface area (Å²) in [6, 6.07) is 0. The zero-order valence-corrected chi connectivity index (χ0v) is 20.7. The van der Waals surface area contributed by atoms with Gasteiger partial charge in [-0.15, -0.1) is 0 Å². The number of rotatable bonds is 24. The summed E-state index contributed by atoms with van der Waals surface area (Å²) in [6.45, 7) is 6.79. The first kappa shape index (κ1) is 28.7. The summed E-state index contributed by atoms with van der Waals surface area (Å²) >= 11 is 0. The van der Waals surface area contributed by atoms with Gasteiger partial charge in [-0.1, -0.05) is 149 Å². The molecule has 0 fully saturated rings. The predicted octanol–water partition coefficient (Wildman–Crippen LogP) is 10.2. The minimum absolute atomic E-state index is 0.0136. The van der Waals surface area contributed by atoms with Crippen molar-refractivity contribution in [1.29, 1.82) is 0 Å². The molecule has 0 aliphatic rings. The van der Waals surface area contributed by atoms with Gasteiger partial charge in [0.05, 0.1) is 0 Å². The van der Waals surface area contributed by atoms with Crippen molar-refractivity contribution >= 4 is 6.29 Å². The van der Waals surface area contributed by atoms with Crippen LogP contribution in [0.3, 0.4) is 0 Å². The molecule has 0 bridgehead atoms. The average Bonchev–Trinajstić information content (AvgIpc) is 2.75. The second-order valence-corrected chi connectivity index (χ2v) is 9.70. The van der Waals surface area contributed by atoms with Crippen LogP contribution in [0, 0.1) is 5.41 Å². The molecule has 0 aromatic heterocycles. The van der Waals surface area contributed by atoms with Gasteiger partial charge in [-0.3, -0.25) is 0 Å². The van der Waals surface area contributed by atoms with Crippen molar-refractivity contribution in [3.05, 3.63) is 0 Å². The van der Waals surface area contributed by atoms with Gasteiger partial charge in [-0.05, 0) is 19.3 Å². The molecule has 0 amide bonds. The average molecular weight is 409 g/mol. The van der Waals surface area contributed by atoms with Crippen LogP contribution in [-0.4, -0.2) is 6.29 Å². The van der Waals surface area contributed by atoms with Crippen molar-refractivity contribution < 1.29 is 4.79 Å². The lowest BCUT2D eigenvalue weighted by molar-refractivity contribution is -0.117. The maximum Gasteiger partial charge on any atom is 0.126 e. The van der Waals surface area contributed by atoms with Crippen LogP contribution in [0.5, 0.6) is 0 Å². The van der Waals surface area contributed by atoms with Gasteiger partial charge in [0.25, 0.3) is 0 Å². The first-order valence-corrected chi connectivity index (χ1v) is 13.7. The van der Waals surface area contributed by atoms with E-state index in [-0.39, 0.29) is 5.41 Å². The fourth-order valence-electron chi connectivity index (χ4n) is 4.61. The van der Waals surface area contributed by atoms with Crippen molar-refractivity contribution in [2.24, 2.45) is 5.41 Å². The van der Waals surface area contributed by atoms with E-state index in [1.807, 2.05) is 0 Å². The number of hydrogen-bond donors (Lipinski definition) is 0. The number of carbonyl (C=O) groups excluding carboxylic acids is 1. The van der Waals surface area contributed by atoms with Gasteiger partial charge >= 0.3 is 0 Å². The highest BCUT2D eigenvalue weighted by atomic mass is 16.1. The SMILES string of the molecule is CCCCCCCCCCCCC(C=O)(CC)CCCCCCCCCCCC. The monoisotopic (exact) mass is 408 g/mol. The highest BCUT2D eigenvalue weighted by Gasteiger charge is 2.26. The third-order valence-corrected chi connectivity index (χ3v) is 7.01. The molecule has 0 N–H and O–H groups in total. The second kappa shape index (κ2) is 22.4. The molecule has 0 heterocycles. The molecule has 0 atom stereocenters. The molecule has 0 unspecified atom stereocenters. The molecule has 174 valence electrons. The fourth-order valence-corrected chi connectivity index (χ4v) is 4.61. The zero-order chi connectivity index (χ0) is 21.5. The predicted molar refractivity (Wildman–Crippen MR) is 132 cm³/mol. The Morgan fingerprint density at radius 1 is 0.448 bits per heavy atom. The summed E-state index contributed by atoms with van der Waals surface area (Å²) in [5.74, 6) is 0. The second-order valence-electron chi connectivity index (χ2n) is 9.70. The minimum Gasteiger partial charge on any atom is -0.303 e. The number of aldehydes is 1. The summed E-state index contributed by atoms with van der Waals surface area (Å²) in [5.41, 5.74) is -0.0136. The molecular weight excluding hydrogens is 352 g/mol. The first-order chi connectivity index (χ1) is 14.2. The van der Waals surface area contributed by atoms with Gasteiger partial charge in [0.2, 0.25) is 0 Å². The van der Waals surface area contributed by atoms with E-state index in [0.29, 0.717) is 0 Å². The van der Waals surface area contributed by atoms with Crippen LogP contribution in [0.1, 0.15) is 168 Å². The van der Waals surface area contributed by atoms with Crippen LogP contribution in [0.2, 0.25) is 0 Å². The van der Waals surface area contributed by atoms with E-state index >= 15 is 0 Å². The third kappa shape index (κ3) is 18.2. The first-order valence-electron chi connectivity index (χ1n) is 13.7. The van der Waals surface area contributed by atoms with E-state index in [9.17, 15) is 4.79 Å². The molecule has 0 aliphatic carbocycles. The van der Waals surface area contributed by atoms with Gasteiger partial charge in [-0.2, -0.15) is 0 Å². The largest absolute Gasteiger partial charge is 0.303 e.